The van der Waals surface area contributed by atoms with Crippen molar-refractivity contribution in [3.63, 3.8) is 0 Å². The Morgan fingerprint density at radius 3 is 2.73 bits per heavy atom. The topological polar surface area (TPSA) is 46.5 Å². The molecular formula is C12H16O3. The molecule has 0 aliphatic carbocycles. The Morgan fingerprint density at radius 2 is 2.13 bits per heavy atom. The zero-order valence-electron chi connectivity index (χ0n) is 9.06. The van der Waals surface area contributed by atoms with Crippen LogP contribution in [0, 0.1) is 5.92 Å². The number of para-hydroxylation sites is 1. The van der Waals surface area contributed by atoms with Crippen molar-refractivity contribution in [3.8, 4) is 5.75 Å². The molecule has 1 aromatic rings. The Balaban J connectivity index is 2.51. The maximum Gasteiger partial charge on any atom is 0.308 e. The molecule has 1 N–H and O–H groups in total. The number of hydrogen-bond acceptors (Lipinski definition) is 3. The van der Waals surface area contributed by atoms with Gasteiger partial charge in [0.05, 0.1) is 5.92 Å². The van der Waals surface area contributed by atoms with Crippen molar-refractivity contribution < 1.29 is 14.6 Å². The highest BCUT2D eigenvalue weighted by atomic mass is 16.5. The summed E-state index contributed by atoms with van der Waals surface area (Å²) in [6.45, 7) is 3.90. The van der Waals surface area contributed by atoms with E-state index in [0.717, 1.165) is 6.42 Å². The van der Waals surface area contributed by atoms with Gasteiger partial charge >= 0.3 is 5.97 Å². The van der Waals surface area contributed by atoms with E-state index in [1.807, 2.05) is 13.8 Å². The van der Waals surface area contributed by atoms with Gasteiger partial charge in [-0.05, 0) is 12.5 Å². The quantitative estimate of drug-likeness (QED) is 0.773. The summed E-state index contributed by atoms with van der Waals surface area (Å²) in [5.74, 6) is -0.147. The molecule has 3 heteroatoms. The number of carbonyl (C=O) groups excluding carboxylic acids is 1. The van der Waals surface area contributed by atoms with Crippen LogP contribution in [-0.4, -0.2) is 11.1 Å². The third-order valence-corrected chi connectivity index (χ3v) is 2.38. The molecule has 82 valence electrons. The van der Waals surface area contributed by atoms with Crippen LogP contribution in [0.3, 0.4) is 0 Å². The number of phenolic OH excluding ortho intramolecular Hbond substituents is 1. The molecule has 0 aliphatic rings. The van der Waals surface area contributed by atoms with Crippen LogP contribution in [0.5, 0.6) is 5.75 Å². The van der Waals surface area contributed by atoms with Crippen LogP contribution in [0.1, 0.15) is 25.8 Å². The smallest absolute Gasteiger partial charge is 0.308 e. The standard InChI is InChI=1S/C12H16O3/c1-3-9(2)12(14)15-8-10-6-4-5-7-11(10)13/h4-7,9,13H,3,8H2,1-2H3. The van der Waals surface area contributed by atoms with Crippen LogP contribution in [0.2, 0.25) is 0 Å². The summed E-state index contributed by atoms with van der Waals surface area (Å²) in [5.41, 5.74) is 0.633. The minimum atomic E-state index is -0.222. The first kappa shape index (κ1) is 11.6. The zero-order chi connectivity index (χ0) is 11.3. The van der Waals surface area contributed by atoms with Crippen LogP contribution in [0.4, 0.5) is 0 Å². The second-order valence-electron chi connectivity index (χ2n) is 3.55. The van der Waals surface area contributed by atoms with Crippen molar-refractivity contribution in [2.75, 3.05) is 0 Å². The summed E-state index contributed by atoms with van der Waals surface area (Å²) in [6, 6.07) is 6.84. The third kappa shape index (κ3) is 3.27. The summed E-state index contributed by atoms with van der Waals surface area (Å²) in [6.07, 6.45) is 0.763. The van der Waals surface area contributed by atoms with Gasteiger partial charge in [0.1, 0.15) is 12.4 Å². The lowest BCUT2D eigenvalue weighted by Crippen LogP contribution is -2.13. The van der Waals surface area contributed by atoms with Gasteiger partial charge < -0.3 is 9.84 Å². The van der Waals surface area contributed by atoms with Gasteiger partial charge in [-0.25, -0.2) is 0 Å². The van der Waals surface area contributed by atoms with Crippen molar-refractivity contribution >= 4 is 5.97 Å². The highest BCUT2D eigenvalue weighted by Gasteiger charge is 2.12. The molecule has 0 aromatic heterocycles. The minimum absolute atomic E-state index is 0.0872. The molecule has 0 saturated heterocycles. The summed E-state index contributed by atoms with van der Waals surface area (Å²) in [7, 11) is 0. The Kier molecular flexibility index (Phi) is 4.16. The molecule has 3 nitrogen and oxygen atoms in total. The maximum absolute atomic E-state index is 11.4. The van der Waals surface area contributed by atoms with Gasteiger partial charge in [-0.15, -0.1) is 0 Å². The van der Waals surface area contributed by atoms with Crippen LogP contribution in [0.25, 0.3) is 0 Å². The van der Waals surface area contributed by atoms with Gasteiger partial charge in [0, 0.05) is 5.56 Å². The molecule has 1 aromatic carbocycles. The monoisotopic (exact) mass is 208 g/mol. The normalized spacial score (nSPS) is 12.1. The van der Waals surface area contributed by atoms with Gasteiger partial charge in [-0.1, -0.05) is 32.0 Å². The first-order chi connectivity index (χ1) is 7.15. The van der Waals surface area contributed by atoms with E-state index in [1.165, 1.54) is 0 Å². The molecule has 0 heterocycles. The fourth-order valence-corrected chi connectivity index (χ4v) is 1.09. The Morgan fingerprint density at radius 1 is 1.47 bits per heavy atom. The number of phenols is 1. The third-order valence-electron chi connectivity index (χ3n) is 2.38. The Labute approximate surface area is 89.7 Å². The highest BCUT2D eigenvalue weighted by molar-refractivity contribution is 5.71. The lowest BCUT2D eigenvalue weighted by atomic mass is 10.1. The molecule has 1 atom stereocenters. The maximum atomic E-state index is 11.4. The van der Waals surface area contributed by atoms with Gasteiger partial charge in [-0.3, -0.25) is 4.79 Å². The van der Waals surface area contributed by atoms with Crippen molar-refractivity contribution in [2.24, 2.45) is 5.92 Å². The molecule has 1 unspecified atom stereocenters. The average molecular weight is 208 g/mol. The van der Waals surface area contributed by atoms with E-state index in [9.17, 15) is 9.90 Å². The number of carbonyl (C=O) groups is 1. The fourth-order valence-electron chi connectivity index (χ4n) is 1.09. The van der Waals surface area contributed by atoms with Gasteiger partial charge in [-0.2, -0.15) is 0 Å². The predicted octanol–water partition coefficient (Wildman–Crippen LogP) is 2.48. The minimum Gasteiger partial charge on any atom is -0.508 e. The van der Waals surface area contributed by atoms with E-state index in [-0.39, 0.29) is 24.2 Å². The zero-order valence-corrected chi connectivity index (χ0v) is 9.06. The van der Waals surface area contributed by atoms with Crippen LogP contribution < -0.4 is 0 Å². The number of hydrogen-bond donors (Lipinski definition) is 1. The largest absolute Gasteiger partial charge is 0.508 e. The van der Waals surface area contributed by atoms with E-state index in [0.29, 0.717) is 5.56 Å². The SMILES string of the molecule is CCC(C)C(=O)OCc1ccccc1O. The second kappa shape index (κ2) is 5.39. The van der Waals surface area contributed by atoms with E-state index in [2.05, 4.69) is 0 Å². The summed E-state index contributed by atoms with van der Waals surface area (Å²) < 4.78 is 5.06. The van der Waals surface area contributed by atoms with Crippen molar-refractivity contribution in [2.45, 2.75) is 26.9 Å². The molecule has 0 bridgehead atoms. The lowest BCUT2D eigenvalue weighted by molar-refractivity contribution is -0.149. The van der Waals surface area contributed by atoms with E-state index >= 15 is 0 Å². The van der Waals surface area contributed by atoms with Crippen LogP contribution in [-0.2, 0) is 16.1 Å². The summed E-state index contributed by atoms with van der Waals surface area (Å²) in [4.78, 5) is 11.4. The predicted molar refractivity (Wildman–Crippen MR) is 57.4 cm³/mol. The van der Waals surface area contributed by atoms with Crippen molar-refractivity contribution in [1.82, 2.24) is 0 Å². The van der Waals surface area contributed by atoms with Crippen molar-refractivity contribution in [3.05, 3.63) is 29.8 Å². The van der Waals surface area contributed by atoms with Crippen molar-refractivity contribution in [1.29, 1.82) is 0 Å². The first-order valence-corrected chi connectivity index (χ1v) is 5.08. The van der Waals surface area contributed by atoms with E-state index < -0.39 is 0 Å². The number of aromatic hydroxyl groups is 1. The van der Waals surface area contributed by atoms with Crippen LogP contribution in [0.15, 0.2) is 24.3 Å². The molecule has 15 heavy (non-hydrogen) atoms. The molecule has 0 amide bonds. The van der Waals surface area contributed by atoms with Crippen LogP contribution >= 0.6 is 0 Å². The lowest BCUT2D eigenvalue weighted by Gasteiger charge is -2.09. The number of rotatable bonds is 4. The second-order valence-corrected chi connectivity index (χ2v) is 3.55. The molecule has 0 aliphatic heterocycles. The number of ether oxygens (including phenoxy) is 1. The molecule has 0 saturated carbocycles. The molecule has 1 rings (SSSR count). The summed E-state index contributed by atoms with van der Waals surface area (Å²) >= 11 is 0. The number of esters is 1. The Bertz CT molecular complexity index is 333. The fraction of sp³-hybridized carbons (Fsp3) is 0.417. The molecule has 0 fully saturated rings. The summed E-state index contributed by atoms with van der Waals surface area (Å²) in [5, 5.41) is 9.43. The average Bonchev–Trinajstić information content (AvgIpc) is 2.26. The number of benzene rings is 1. The van der Waals surface area contributed by atoms with Gasteiger partial charge in [0.25, 0.3) is 0 Å². The molecular weight excluding hydrogens is 192 g/mol. The molecule has 0 spiro atoms. The Hall–Kier alpha value is -1.51. The van der Waals surface area contributed by atoms with Gasteiger partial charge in [0.15, 0.2) is 0 Å². The molecule has 0 radical (unpaired) electrons. The first-order valence-electron chi connectivity index (χ1n) is 5.08. The van der Waals surface area contributed by atoms with E-state index in [4.69, 9.17) is 4.74 Å². The van der Waals surface area contributed by atoms with Gasteiger partial charge in [0.2, 0.25) is 0 Å². The highest BCUT2D eigenvalue weighted by Crippen LogP contribution is 2.17. The van der Waals surface area contributed by atoms with E-state index in [1.54, 1.807) is 24.3 Å².